The number of nitrogens with zero attached hydrogens (tertiary/aromatic N) is 3. The highest BCUT2D eigenvalue weighted by Crippen LogP contribution is 2.38. The van der Waals surface area contributed by atoms with E-state index in [1.165, 1.54) is 22.3 Å². The molecular weight excluding hydrogens is 322 g/mol. The summed E-state index contributed by atoms with van der Waals surface area (Å²) in [6, 6.07) is 17.9. The molecule has 5 nitrogen and oxygen atoms in total. The number of nitrogen functional groups attached to an aromatic ring is 1. The molecule has 2 atom stereocenters. The lowest BCUT2D eigenvalue weighted by atomic mass is 9.92. The molecular formula is C21H25N5. The summed E-state index contributed by atoms with van der Waals surface area (Å²) >= 11 is 0. The molecule has 0 radical (unpaired) electrons. The van der Waals surface area contributed by atoms with Gasteiger partial charge in [-0.1, -0.05) is 62.4 Å². The van der Waals surface area contributed by atoms with E-state index in [-0.39, 0.29) is 12.1 Å². The lowest BCUT2D eigenvalue weighted by Crippen LogP contribution is -2.28. The van der Waals surface area contributed by atoms with Gasteiger partial charge < -0.3 is 11.1 Å². The fraction of sp³-hybridized carbons (Fsp3) is 0.333. The first-order chi connectivity index (χ1) is 12.7. The third-order valence-corrected chi connectivity index (χ3v) is 5.27. The smallest absolute Gasteiger partial charge is 0.241 e. The van der Waals surface area contributed by atoms with Gasteiger partial charge in [0.15, 0.2) is 0 Å². The second-order valence-electron chi connectivity index (χ2n) is 6.88. The number of nitrogens with two attached hydrogens (primary N) is 1. The van der Waals surface area contributed by atoms with E-state index in [4.69, 9.17) is 5.73 Å². The fourth-order valence-electron chi connectivity index (χ4n) is 3.65. The van der Waals surface area contributed by atoms with Crippen molar-refractivity contribution in [2.45, 2.75) is 45.2 Å². The maximum Gasteiger partial charge on any atom is 0.241 e. The van der Waals surface area contributed by atoms with E-state index in [0.29, 0.717) is 5.95 Å². The molecule has 5 heteroatoms. The number of aromatic nitrogens is 3. The van der Waals surface area contributed by atoms with Crippen LogP contribution in [-0.4, -0.2) is 14.8 Å². The van der Waals surface area contributed by atoms with Crippen LogP contribution in [0.4, 0.5) is 11.9 Å². The summed E-state index contributed by atoms with van der Waals surface area (Å²) < 4.78 is 1.92. The summed E-state index contributed by atoms with van der Waals surface area (Å²) in [7, 11) is 0. The maximum atomic E-state index is 5.88. The second-order valence-corrected chi connectivity index (χ2v) is 6.88. The van der Waals surface area contributed by atoms with Crippen LogP contribution < -0.4 is 11.1 Å². The molecule has 2 heterocycles. The molecule has 0 spiro atoms. The largest absolute Gasteiger partial charge is 0.366 e. The summed E-state index contributed by atoms with van der Waals surface area (Å²) in [6.07, 6.45) is 3.00. The van der Waals surface area contributed by atoms with Gasteiger partial charge in [-0.25, -0.2) is 4.68 Å². The van der Waals surface area contributed by atoms with Crippen molar-refractivity contribution in [2.75, 3.05) is 11.1 Å². The van der Waals surface area contributed by atoms with E-state index in [9.17, 15) is 0 Å². The Morgan fingerprint density at radius 2 is 1.54 bits per heavy atom. The first-order valence-electron chi connectivity index (χ1n) is 9.34. The zero-order chi connectivity index (χ0) is 18.1. The van der Waals surface area contributed by atoms with E-state index in [1.54, 1.807) is 0 Å². The first kappa shape index (κ1) is 16.6. The second kappa shape index (κ2) is 6.83. The van der Waals surface area contributed by atoms with Crippen LogP contribution in [0.5, 0.6) is 0 Å². The lowest BCUT2D eigenvalue weighted by Gasteiger charge is -2.31. The topological polar surface area (TPSA) is 68.8 Å². The molecule has 0 saturated heterocycles. The van der Waals surface area contributed by atoms with Crippen molar-refractivity contribution >= 4 is 11.9 Å². The highest BCUT2D eigenvalue weighted by Gasteiger charge is 2.30. The van der Waals surface area contributed by atoms with Gasteiger partial charge in [0.05, 0.1) is 12.1 Å². The van der Waals surface area contributed by atoms with E-state index in [1.807, 2.05) is 4.68 Å². The van der Waals surface area contributed by atoms with Gasteiger partial charge in [-0.2, -0.15) is 4.98 Å². The van der Waals surface area contributed by atoms with Crippen molar-refractivity contribution in [2.24, 2.45) is 0 Å². The summed E-state index contributed by atoms with van der Waals surface area (Å²) in [5.74, 6) is 1.05. The van der Waals surface area contributed by atoms with Crippen molar-refractivity contribution in [1.82, 2.24) is 14.8 Å². The van der Waals surface area contributed by atoms with Gasteiger partial charge in [0.1, 0.15) is 0 Å². The molecule has 1 aromatic heterocycles. The molecule has 1 aliphatic rings. The van der Waals surface area contributed by atoms with Gasteiger partial charge >= 0.3 is 0 Å². The number of fused-ring (bicyclic) bond motifs is 1. The average Bonchev–Trinajstić information content (AvgIpc) is 3.07. The molecule has 2 unspecified atom stereocenters. The molecule has 134 valence electrons. The van der Waals surface area contributed by atoms with E-state index in [2.05, 4.69) is 77.8 Å². The number of benzene rings is 2. The summed E-state index contributed by atoms with van der Waals surface area (Å²) in [4.78, 5) is 4.39. The zero-order valence-corrected chi connectivity index (χ0v) is 15.3. The quantitative estimate of drug-likeness (QED) is 0.744. The summed E-state index contributed by atoms with van der Waals surface area (Å²) in [5, 5.41) is 7.93. The van der Waals surface area contributed by atoms with Crippen LogP contribution in [0.2, 0.25) is 0 Å². The predicted octanol–water partition coefficient (Wildman–Crippen LogP) is 4.13. The Balaban J connectivity index is 1.69. The normalized spacial score (nSPS) is 19.0. The Labute approximate surface area is 154 Å². The number of anilines is 2. The molecule has 0 saturated carbocycles. The van der Waals surface area contributed by atoms with Gasteiger partial charge in [0.2, 0.25) is 11.9 Å². The van der Waals surface area contributed by atoms with Gasteiger partial charge in [-0.3, -0.25) is 0 Å². The Morgan fingerprint density at radius 3 is 2.12 bits per heavy atom. The van der Waals surface area contributed by atoms with Crippen LogP contribution in [0, 0.1) is 0 Å². The minimum atomic E-state index is 0.123. The van der Waals surface area contributed by atoms with Crippen LogP contribution in [0.3, 0.4) is 0 Å². The summed E-state index contributed by atoms with van der Waals surface area (Å²) in [6.45, 7) is 4.35. The molecule has 4 rings (SSSR count). The van der Waals surface area contributed by atoms with Crippen LogP contribution in [0.1, 0.15) is 54.6 Å². The average molecular weight is 347 g/mol. The van der Waals surface area contributed by atoms with Gasteiger partial charge in [0.25, 0.3) is 0 Å². The molecule has 0 amide bonds. The Kier molecular flexibility index (Phi) is 4.37. The highest BCUT2D eigenvalue weighted by molar-refractivity contribution is 5.42. The lowest BCUT2D eigenvalue weighted by molar-refractivity contribution is 0.431. The molecule has 2 aromatic carbocycles. The molecule has 0 aliphatic carbocycles. The Hall–Kier alpha value is -2.82. The number of aryl methyl sites for hydroxylation is 2. The predicted molar refractivity (Wildman–Crippen MR) is 105 cm³/mol. The minimum absolute atomic E-state index is 0.123. The molecule has 1 aliphatic heterocycles. The van der Waals surface area contributed by atoms with Crippen LogP contribution in [0.25, 0.3) is 0 Å². The summed E-state index contributed by atoms with van der Waals surface area (Å²) in [5.41, 5.74) is 11.1. The van der Waals surface area contributed by atoms with Gasteiger partial charge in [0, 0.05) is 0 Å². The number of rotatable bonds is 4. The Morgan fingerprint density at radius 1 is 0.962 bits per heavy atom. The van der Waals surface area contributed by atoms with E-state index < -0.39 is 0 Å². The number of hydrogen-bond acceptors (Lipinski definition) is 4. The van der Waals surface area contributed by atoms with Crippen molar-refractivity contribution in [3.63, 3.8) is 0 Å². The first-order valence-corrected chi connectivity index (χ1v) is 9.34. The Bertz CT molecular complexity index is 880. The third kappa shape index (κ3) is 3.05. The third-order valence-electron chi connectivity index (χ3n) is 5.27. The van der Waals surface area contributed by atoms with Crippen molar-refractivity contribution in [3.8, 4) is 0 Å². The SMILES string of the molecule is CCc1ccc(C2CC(c3ccc(CC)cc3)n3nc(N)nc3N2)cc1. The monoisotopic (exact) mass is 347 g/mol. The number of hydrogen-bond donors (Lipinski definition) is 2. The van der Waals surface area contributed by atoms with Crippen LogP contribution in [0.15, 0.2) is 48.5 Å². The van der Waals surface area contributed by atoms with Crippen LogP contribution >= 0.6 is 0 Å². The maximum absolute atomic E-state index is 5.88. The molecule has 26 heavy (non-hydrogen) atoms. The zero-order valence-electron chi connectivity index (χ0n) is 15.3. The standard InChI is InChI=1S/C21H25N5/c1-3-14-5-9-16(10-6-14)18-13-19(17-11-7-15(4-2)8-12-17)26-21(23-18)24-20(22)25-26/h5-12,18-19H,3-4,13H2,1-2H3,(H3,22,23,24,25). The minimum Gasteiger partial charge on any atom is -0.366 e. The van der Waals surface area contributed by atoms with Gasteiger partial charge in [-0.05, 0) is 41.5 Å². The molecule has 0 bridgehead atoms. The fourth-order valence-corrected chi connectivity index (χ4v) is 3.65. The molecule has 0 fully saturated rings. The molecule has 3 N–H and O–H groups in total. The van der Waals surface area contributed by atoms with E-state index >= 15 is 0 Å². The highest BCUT2D eigenvalue weighted by atomic mass is 15.4. The van der Waals surface area contributed by atoms with Gasteiger partial charge in [-0.15, -0.1) is 5.10 Å². The number of nitrogens with one attached hydrogen (secondary N) is 1. The van der Waals surface area contributed by atoms with Crippen molar-refractivity contribution in [1.29, 1.82) is 0 Å². The van der Waals surface area contributed by atoms with E-state index in [0.717, 1.165) is 25.2 Å². The van der Waals surface area contributed by atoms with Crippen LogP contribution in [-0.2, 0) is 12.8 Å². The van der Waals surface area contributed by atoms with Crippen molar-refractivity contribution < 1.29 is 0 Å². The molecule has 3 aromatic rings. The van der Waals surface area contributed by atoms with Crippen molar-refractivity contribution in [3.05, 3.63) is 70.8 Å².